The van der Waals surface area contributed by atoms with E-state index in [1.165, 1.54) is 0 Å². The molecule has 2 saturated heterocycles. The number of β-lactam (4-membered cyclic amide) rings is 1. The minimum absolute atomic E-state index is 0.0423. The maximum Gasteiger partial charge on any atom is 0.264 e. The van der Waals surface area contributed by atoms with E-state index in [2.05, 4.69) is 39.0 Å². The van der Waals surface area contributed by atoms with Crippen LogP contribution in [0.5, 0.6) is 5.75 Å². The van der Waals surface area contributed by atoms with Crippen LogP contribution in [-0.2, 0) is 49.6 Å². The van der Waals surface area contributed by atoms with E-state index < -0.39 is 17.1 Å². The first-order chi connectivity index (χ1) is 25.6. The van der Waals surface area contributed by atoms with Gasteiger partial charge >= 0.3 is 0 Å². The van der Waals surface area contributed by atoms with E-state index in [0.717, 1.165) is 44.9 Å². The molecule has 8 rings (SSSR count). The second kappa shape index (κ2) is 13.5. The number of rotatable bonds is 9. The zero-order valence-electron chi connectivity index (χ0n) is 30.8. The van der Waals surface area contributed by atoms with Crippen LogP contribution in [-0.4, -0.2) is 60.1 Å². The third-order valence-electron chi connectivity index (χ3n) is 12.4. The second-order valence-electron chi connectivity index (χ2n) is 15.6. The van der Waals surface area contributed by atoms with Crippen molar-refractivity contribution in [2.75, 3.05) is 30.1 Å². The van der Waals surface area contributed by atoms with E-state index >= 15 is 4.79 Å². The van der Waals surface area contributed by atoms with Crippen molar-refractivity contribution in [1.82, 2.24) is 4.90 Å². The smallest absolute Gasteiger partial charge is 0.264 e. The fraction of sp³-hybridized carbons (Fsp3) is 0.386. The van der Waals surface area contributed by atoms with Gasteiger partial charge in [-0.3, -0.25) is 14.4 Å². The molecule has 5 atom stereocenters. The summed E-state index contributed by atoms with van der Waals surface area (Å²) in [5.41, 5.74) is 4.51. The van der Waals surface area contributed by atoms with Gasteiger partial charge in [0.1, 0.15) is 5.75 Å². The van der Waals surface area contributed by atoms with Gasteiger partial charge in [-0.2, -0.15) is 0 Å². The minimum Gasteiger partial charge on any atom is -0.497 e. The number of methoxy groups -OCH3 is 1. The van der Waals surface area contributed by atoms with Gasteiger partial charge < -0.3 is 29.3 Å². The van der Waals surface area contributed by atoms with Crippen LogP contribution < -0.4 is 14.5 Å². The van der Waals surface area contributed by atoms with Crippen LogP contribution in [0.2, 0.25) is 0 Å². The first-order valence-electron chi connectivity index (χ1n) is 18.7. The van der Waals surface area contributed by atoms with Gasteiger partial charge in [0.2, 0.25) is 11.8 Å². The molecule has 0 unspecified atom stereocenters. The Bertz CT molecular complexity index is 2050. The number of nitrogens with zero attached hydrogens (tertiary/aromatic N) is 3. The molecule has 4 heterocycles. The molecule has 4 aliphatic heterocycles. The summed E-state index contributed by atoms with van der Waals surface area (Å²) in [6, 6.07) is 31.4. The Labute approximate surface area is 311 Å². The van der Waals surface area contributed by atoms with E-state index in [0.29, 0.717) is 32.5 Å². The van der Waals surface area contributed by atoms with Crippen molar-refractivity contribution < 1.29 is 29.0 Å². The van der Waals surface area contributed by atoms with Crippen LogP contribution in [0.25, 0.3) is 0 Å². The maximum atomic E-state index is 15.3. The van der Waals surface area contributed by atoms with Gasteiger partial charge in [-0.25, -0.2) is 0 Å². The summed E-state index contributed by atoms with van der Waals surface area (Å²) in [5.74, 6) is -0.145. The summed E-state index contributed by atoms with van der Waals surface area (Å²) in [4.78, 5) is 47.9. The molecular formula is C44H47N3O6. The van der Waals surface area contributed by atoms with Crippen molar-refractivity contribution in [3.63, 3.8) is 0 Å². The van der Waals surface area contributed by atoms with Gasteiger partial charge in [-0.05, 0) is 64.4 Å². The highest BCUT2D eigenvalue weighted by atomic mass is 16.5. The molecule has 0 radical (unpaired) electrons. The highest BCUT2D eigenvalue weighted by Gasteiger charge is 2.66. The molecule has 0 saturated carbocycles. The normalized spacial score (nSPS) is 25.0. The zero-order chi connectivity index (χ0) is 37.1. The van der Waals surface area contributed by atoms with Gasteiger partial charge in [-0.1, -0.05) is 87.5 Å². The van der Waals surface area contributed by atoms with Crippen LogP contribution in [0.3, 0.4) is 0 Å². The third kappa shape index (κ3) is 5.72. The minimum atomic E-state index is -1.40. The Morgan fingerprint density at radius 1 is 0.962 bits per heavy atom. The molecule has 0 aromatic heterocycles. The Morgan fingerprint density at radius 2 is 1.68 bits per heavy atom. The van der Waals surface area contributed by atoms with Crippen molar-refractivity contribution >= 4 is 29.1 Å². The maximum absolute atomic E-state index is 15.3. The molecule has 4 aromatic rings. The number of hydrogen-bond donors (Lipinski definition) is 1. The van der Waals surface area contributed by atoms with Crippen LogP contribution in [0.1, 0.15) is 61.4 Å². The molecule has 4 aromatic carbocycles. The Balaban J connectivity index is 1.23. The number of fused-ring (bicyclic) bond motifs is 3. The Hall–Kier alpha value is -4.99. The van der Waals surface area contributed by atoms with Gasteiger partial charge in [0.05, 0.1) is 44.5 Å². The fourth-order valence-electron chi connectivity index (χ4n) is 9.51. The number of hydrogen-bond acceptors (Lipinski definition) is 6. The molecule has 9 nitrogen and oxygen atoms in total. The number of ether oxygens (including phenoxy) is 2. The first kappa shape index (κ1) is 35.1. The van der Waals surface area contributed by atoms with Crippen molar-refractivity contribution in [3.8, 4) is 5.75 Å². The summed E-state index contributed by atoms with van der Waals surface area (Å²) >= 11 is 0. The van der Waals surface area contributed by atoms with Crippen LogP contribution >= 0.6 is 0 Å². The van der Waals surface area contributed by atoms with E-state index in [1.807, 2.05) is 83.8 Å². The summed E-state index contributed by atoms with van der Waals surface area (Å²) in [5, 5.41) is 10.5. The van der Waals surface area contributed by atoms with Crippen LogP contribution in [0.15, 0.2) is 97.1 Å². The zero-order valence-corrected chi connectivity index (χ0v) is 30.8. The van der Waals surface area contributed by atoms with E-state index in [4.69, 9.17) is 9.47 Å². The average Bonchev–Trinajstić information content (AvgIpc) is 3.59. The van der Waals surface area contributed by atoms with Gasteiger partial charge in [0.15, 0.2) is 5.60 Å². The van der Waals surface area contributed by atoms with Crippen LogP contribution in [0, 0.1) is 11.8 Å². The molecule has 274 valence electrons. The highest BCUT2D eigenvalue weighted by Crippen LogP contribution is 2.60. The van der Waals surface area contributed by atoms with Gasteiger partial charge in [0, 0.05) is 42.6 Å². The van der Waals surface area contributed by atoms with E-state index in [-0.39, 0.29) is 48.6 Å². The number of aliphatic hydroxyl groups is 1. The molecule has 9 heteroatoms. The number of aliphatic hydroxyl groups excluding tert-OH is 1. The molecule has 53 heavy (non-hydrogen) atoms. The fourth-order valence-corrected chi connectivity index (χ4v) is 9.51. The van der Waals surface area contributed by atoms with Crippen molar-refractivity contribution in [3.05, 3.63) is 125 Å². The lowest BCUT2D eigenvalue weighted by Gasteiger charge is -2.40. The summed E-state index contributed by atoms with van der Waals surface area (Å²) in [6.07, 6.45) is 0.463. The van der Waals surface area contributed by atoms with E-state index in [9.17, 15) is 14.7 Å². The SMILES string of the molecule is COc1ccc(C(C)(C)[C@H]2[C@H](CC(=O)N3Cc4ccccc4C[C@H]3CO)O[C@@]3(C(=O)N(Cc4ccccc4)c4ccc(N5CCC5=O)cc43)[C@@H]2C)cc1. The van der Waals surface area contributed by atoms with Crippen LogP contribution in [0.4, 0.5) is 11.4 Å². The van der Waals surface area contributed by atoms with Crippen molar-refractivity contribution in [2.45, 2.75) is 76.3 Å². The highest BCUT2D eigenvalue weighted by molar-refractivity contribution is 6.09. The average molecular weight is 714 g/mol. The molecule has 0 aliphatic carbocycles. The monoisotopic (exact) mass is 713 g/mol. The molecule has 0 bridgehead atoms. The lowest BCUT2D eigenvalue weighted by Crippen LogP contribution is -2.48. The van der Waals surface area contributed by atoms with Crippen molar-refractivity contribution in [2.24, 2.45) is 11.8 Å². The summed E-state index contributed by atoms with van der Waals surface area (Å²) in [7, 11) is 1.64. The predicted octanol–water partition coefficient (Wildman–Crippen LogP) is 6.14. The number of carbonyl (C=O) groups is 3. The molecule has 2 fully saturated rings. The second-order valence-corrected chi connectivity index (χ2v) is 15.6. The predicted molar refractivity (Wildman–Crippen MR) is 202 cm³/mol. The third-order valence-corrected chi connectivity index (χ3v) is 12.4. The lowest BCUT2D eigenvalue weighted by atomic mass is 9.63. The van der Waals surface area contributed by atoms with Gasteiger partial charge in [-0.15, -0.1) is 0 Å². The van der Waals surface area contributed by atoms with Crippen molar-refractivity contribution in [1.29, 1.82) is 0 Å². The lowest BCUT2D eigenvalue weighted by molar-refractivity contribution is -0.151. The standard InChI is InChI=1S/C44H47N3O6/c1-28-41(43(2,3)32-14-17-35(52-4)18-15-32)38(24-40(50)46-26-31-13-9-8-12-30(31)22-34(46)27-48)53-44(28)36-23-33(45-21-20-39(45)49)16-19-37(36)47(42(44)51)25-29-10-6-5-7-11-29/h5-19,23,28,34,38,41,48H,20-22,24-27H2,1-4H3/t28-,34+,38+,41-,44+/m1/s1. The summed E-state index contributed by atoms with van der Waals surface area (Å²) < 4.78 is 12.8. The topological polar surface area (TPSA) is 99.6 Å². The molecule has 1 N–H and O–H groups in total. The van der Waals surface area contributed by atoms with Gasteiger partial charge in [0.25, 0.3) is 5.91 Å². The number of carbonyl (C=O) groups excluding carboxylic acids is 3. The number of anilines is 2. The summed E-state index contributed by atoms with van der Waals surface area (Å²) in [6.45, 7) is 7.65. The molecule has 3 amide bonds. The Morgan fingerprint density at radius 3 is 2.34 bits per heavy atom. The quantitative estimate of drug-likeness (QED) is 0.210. The first-order valence-corrected chi connectivity index (χ1v) is 18.7. The molecule has 4 aliphatic rings. The molecule has 1 spiro atoms. The number of benzene rings is 4. The van der Waals surface area contributed by atoms with E-state index in [1.54, 1.807) is 16.9 Å². The largest absolute Gasteiger partial charge is 0.497 e. The molecular weight excluding hydrogens is 666 g/mol. The number of amides is 3. The Kier molecular flexibility index (Phi) is 8.90.